The van der Waals surface area contributed by atoms with Crippen molar-refractivity contribution in [3.8, 4) is 0 Å². The van der Waals surface area contributed by atoms with Crippen molar-refractivity contribution < 1.29 is 13.4 Å². The molecule has 0 aliphatic carbocycles. The zero-order chi connectivity index (χ0) is 15.4. The Kier molecular flexibility index (Phi) is 4.93. The number of nitrogens with two attached hydrogens (primary N) is 1. The summed E-state index contributed by atoms with van der Waals surface area (Å²) in [5.41, 5.74) is 6.18. The number of halogens is 2. The van der Waals surface area contributed by atoms with Crippen LogP contribution in [0, 0.1) is 5.82 Å². The van der Waals surface area contributed by atoms with Gasteiger partial charge in [0.05, 0.1) is 10.8 Å². The van der Waals surface area contributed by atoms with E-state index in [2.05, 4.69) is 5.32 Å². The van der Waals surface area contributed by atoms with Crippen LogP contribution in [0.15, 0.2) is 47.4 Å². The second-order valence-corrected chi connectivity index (χ2v) is 6.15. The Morgan fingerprint density at radius 3 is 2.52 bits per heavy atom. The summed E-state index contributed by atoms with van der Waals surface area (Å²) in [7, 11) is -1.67. The average Bonchev–Trinajstić information content (AvgIpc) is 2.40. The quantitative estimate of drug-likeness (QED) is 0.849. The number of carbonyl (C=O) groups excluding carboxylic acids is 1. The van der Waals surface area contributed by atoms with Gasteiger partial charge in [-0.25, -0.2) is 4.39 Å². The molecule has 4 nitrogen and oxygen atoms in total. The topological polar surface area (TPSA) is 72.2 Å². The predicted molar refractivity (Wildman–Crippen MR) is 82.2 cm³/mol. The Morgan fingerprint density at radius 1 is 1.24 bits per heavy atom. The van der Waals surface area contributed by atoms with E-state index in [4.69, 9.17) is 17.3 Å². The Labute approximate surface area is 128 Å². The Bertz CT molecular complexity index is 672. The summed E-state index contributed by atoms with van der Waals surface area (Å²) in [6, 6.07) is 10.1. The summed E-state index contributed by atoms with van der Waals surface area (Å²) in [5.74, 6) is -1.32. The smallest absolute Gasteiger partial charge is 0.237 e. The summed E-state index contributed by atoms with van der Waals surface area (Å²) in [6.45, 7) is 0. The maximum atomic E-state index is 13.2. The minimum Gasteiger partial charge on any atom is -0.399 e. The number of benzene rings is 2. The van der Waals surface area contributed by atoms with Gasteiger partial charge in [-0.3, -0.25) is 9.00 Å². The molecule has 110 valence electrons. The van der Waals surface area contributed by atoms with Gasteiger partial charge in [-0.1, -0.05) is 11.6 Å². The summed E-state index contributed by atoms with van der Waals surface area (Å²) in [6.07, 6.45) is 0. The molecule has 0 heterocycles. The standard InChI is InChI=1S/C14H12ClFN2O2S/c15-9-1-3-12(4-2-9)18-14(19)8-21(20)13-6-10(16)5-11(17)7-13/h1-7H,8,17H2,(H,18,19). The minimum atomic E-state index is -1.67. The molecule has 0 aromatic heterocycles. The molecule has 0 aliphatic rings. The van der Waals surface area contributed by atoms with E-state index < -0.39 is 22.5 Å². The normalized spacial score (nSPS) is 11.9. The van der Waals surface area contributed by atoms with Crippen LogP contribution < -0.4 is 11.1 Å². The van der Waals surface area contributed by atoms with Crippen LogP contribution in [0.25, 0.3) is 0 Å². The van der Waals surface area contributed by atoms with Crippen LogP contribution in [0.4, 0.5) is 15.8 Å². The largest absolute Gasteiger partial charge is 0.399 e. The van der Waals surface area contributed by atoms with Crippen molar-refractivity contribution in [2.45, 2.75) is 4.90 Å². The molecule has 0 aliphatic heterocycles. The van der Waals surface area contributed by atoms with Crippen LogP contribution in [0.2, 0.25) is 5.02 Å². The van der Waals surface area contributed by atoms with E-state index in [9.17, 15) is 13.4 Å². The van der Waals surface area contributed by atoms with Crippen molar-refractivity contribution >= 4 is 39.7 Å². The predicted octanol–water partition coefficient (Wildman–Crippen LogP) is 2.81. The van der Waals surface area contributed by atoms with Crippen molar-refractivity contribution in [2.24, 2.45) is 0 Å². The lowest BCUT2D eigenvalue weighted by molar-refractivity contribution is -0.113. The molecule has 1 unspecified atom stereocenters. The van der Waals surface area contributed by atoms with E-state index in [1.807, 2.05) is 0 Å². The third-order valence-corrected chi connectivity index (χ3v) is 4.08. The lowest BCUT2D eigenvalue weighted by Crippen LogP contribution is -2.19. The number of rotatable bonds is 4. The molecule has 3 N–H and O–H groups in total. The van der Waals surface area contributed by atoms with Gasteiger partial charge in [0.1, 0.15) is 11.6 Å². The van der Waals surface area contributed by atoms with Crippen LogP contribution in [-0.4, -0.2) is 15.9 Å². The molecule has 1 amide bonds. The highest BCUT2D eigenvalue weighted by Gasteiger charge is 2.12. The van der Waals surface area contributed by atoms with Crippen molar-refractivity contribution in [3.05, 3.63) is 53.3 Å². The first-order valence-electron chi connectivity index (χ1n) is 5.94. The fraction of sp³-hybridized carbons (Fsp3) is 0.0714. The second kappa shape index (κ2) is 6.69. The zero-order valence-electron chi connectivity index (χ0n) is 10.8. The van der Waals surface area contributed by atoms with Gasteiger partial charge in [0.25, 0.3) is 0 Å². The van der Waals surface area contributed by atoms with E-state index in [-0.39, 0.29) is 16.3 Å². The number of nitrogens with one attached hydrogen (secondary N) is 1. The van der Waals surface area contributed by atoms with Crippen LogP contribution in [0.3, 0.4) is 0 Å². The monoisotopic (exact) mass is 326 g/mol. The van der Waals surface area contributed by atoms with E-state index in [1.54, 1.807) is 24.3 Å². The van der Waals surface area contributed by atoms with Gasteiger partial charge in [-0.05, 0) is 42.5 Å². The molecule has 2 rings (SSSR count). The molecule has 0 saturated carbocycles. The molecular formula is C14H12ClFN2O2S. The highest BCUT2D eigenvalue weighted by atomic mass is 35.5. The number of hydrogen-bond donors (Lipinski definition) is 2. The first-order valence-corrected chi connectivity index (χ1v) is 7.63. The van der Waals surface area contributed by atoms with Crippen LogP contribution in [-0.2, 0) is 15.6 Å². The van der Waals surface area contributed by atoms with Gasteiger partial charge in [0.2, 0.25) is 5.91 Å². The van der Waals surface area contributed by atoms with E-state index in [0.717, 1.165) is 12.1 Å². The van der Waals surface area contributed by atoms with Gasteiger partial charge in [-0.2, -0.15) is 0 Å². The van der Waals surface area contributed by atoms with Gasteiger partial charge >= 0.3 is 0 Å². The fourth-order valence-electron chi connectivity index (χ4n) is 1.65. The Hall–Kier alpha value is -1.92. The molecule has 0 bridgehead atoms. The van der Waals surface area contributed by atoms with Crippen molar-refractivity contribution in [1.82, 2.24) is 0 Å². The first kappa shape index (κ1) is 15.5. The molecule has 0 spiro atoms. The lowest BCUT2D eigenvalue weighted by atomic mass is 10.3. The number of nitrogen functional groups attached to an aromatic ring is 1. The summed E-state index contributed by atoms with van der Waals surface area (Å²) in [4.78, 5) is 12.0. The Balaban J connectivity index is 2.01. The molecule has 0 radical (unpaired) electrons. The van der Waals surface area contributed by atoms with Crippen molar-refractivity contribution in [1.29, 1.82) is 0 Å². The molecule has 2 aromatic rings. The zero-order valence-corrected chi connectivity index (χ0v) is 12.4. The highest BCUT2D eigenvalue weighted by Crippen LogP contribution is 2.16. The van der Waals surface area contributed by atoms with Gasteiger partial charge in [0.15, 0.2) is 0 Å². The molecule has 0 saturated heterocycles. The summed E-state index contributed by atoms with van der Waals surface area (Å²) < 4.78 is 25.2. The van der Waals surface area contributed by atoms with Crippen molar-refractivity contribution in [3.63, 3.8) is 0 Å². The SMILES string of the molecule is Nc1cc(F)cc(S(=O)CC(=O)Nc2ccc(Cl)cc2)c1. The lowest BCUT2D eigenvalue weighted by Gasteiger charge is -2.06. The highest BCUT2D eigenvalue weighted by molar-refractivity contribution is 7.85. The van der Waals surface area contributed by atoms with Crippen LogP contribution in [0.5, 0.6) is 0 Å². The Morgan fingerprint density at radius 2 is 1.90 bits per heavy atom. The minimum absolute atomic E-state index is 0.163. The third kappa shape index (κ3) is 4.54. The number of hydrogen-bond acceptors (Lipinski definition) is 3. The molecular weight excluding hydrogens is 315 g/mol. The third-order valence-electron chi connectivity index (χ3n) is 2.55. The van der Waals surface area contributed by atoms with Crippen LogP contribution in [0.1, 0.15) is 0 Å². The maximum Gasteiger partial charge on any atom is 0.237 e. The maximum absolute atomic E-state index is 13.2. The number of carbonyl (C=O) groups is 1. The molecule has 1 atom stereocenters. The van der Waals surface area contributed by atoms with Gasteiger partial charge in [-0.15, -0.1) is 0 Å². The number of anilines is 2. The molecule has 21 heavy (non-hydrogen) atoms. The van der Waals surface area contributed by atoms with Crippen LogP contribution >= 0.6 is 11.6 Å². The summed E-state index contributed by atoms with van der Waals surface area (Å²) in [5, 5.41) is 3.13. The van der Waals surface area contributed by atoms with E-state index in [1.165, 1.54) is 6.07 Å². The average molecular weight is 327 g/mol. The summed E-state index contributed by atoms with van der Waals surface area (Å²) >= 11 is 5.73. The molecule has 0 fully saturated rings. The first-order chi connectivity index (χ1) is 9.94. The fourth-order valence-corrected chi connectivity index (χ4v) is 2.76. The van der Waals surface area contributed by atoms with Crippen molar-refractivity contribution in [2.75, 3.05) is 16.8 Å². The van der Waals surface area contributed by atoms with E-state index in [0.29, 0.717) is 10.7 Å². The molecule has 2 aromatic carbocycles. The second-order valence-electron chi connectivity index (χ2n) is 4.27. The molecule has 7 heteroatoms. The van der Waals surface area contributed by atoms with Gasteiger partial charge < -0.3 is 11.1 Å². The number of amides is 1. The van der Waals surface area contributed by atoms with Gasteiger partial charge in [0, 0.05) is 21.3 Å². The van der Waals surface area contributed by atoms with E-state index >= 15 is 0 Å².